The van der Waals surface area contributed by atoms with Gasteiger partial charge in [-0.1, -0.05) is 55.3 Å². The van der Waals surface area contributed by atoms with Crippen LogP contribution in [-0.4, -0.2) is 44.3 Å². The van der Waals surface area contributed by atoms with E-state index in [1.165, 1.54) is 48.5 Å². The number of amides is 2. The molecule has 0 saturated heterocycles. The summed E-state index contributed by atoms with van der Waals surface area (Å²) >= 11 is 5.79. The number of alkyl halides is 3. The number of rotatable bonds is 12. The predicted octanol–water partition coefficient (Wildman–Crippen LogP) is 6.34. The van der Waals surface area contributed by atoms with Crippen molar-refractivity contribution < 1.29 is 35.6 Å². The van der Waals surface area contributed by atoms with Gasteiger partial charge in [0.15, 0.2) is 0 Å². The molecule has 3 aromatic carbocycles. The number of nitrogens with one attached hydrogen (secondary N) is 1. The Morgan fingerprint density at radius 3 is 2.16 bits per heavy atom. The lowest BCUT2D eigenvalue weighted by molar-refractivity contribution is -0.140. The van der Waals surface area contributed by atoms with Gasteiger partial charge in [-0.2, -0.15) is 13.2 Å². The standard InChI is InChI=1S/C30H32ClF4N3O4S/c1-4-16-36-29(40)27(5-2)37(18-21-8-10-22(32)11-9-21)28(39)19-38(43(41,42)24-13-6-20(3)7-14-24)23-12-15-26(31)25(17-23)30(33,34)35/h6-15,17,27H,4-5,16,18-19H2,1-3H3,(H,36,40)/t27-/m0/s1. The first-order valence-electron chi connectivity index (χ1n) is 13.5. The Balaban J connectivity index is 2.14. The second kappa shape index (κ2) is 14.2. The Hall–Kier alpha value is -3.64. The number of carbonyl (C=O) groups excluding carboxylic acids is 2. The second-order valence-corrected chi connectivity index (χ2v) is 12.1. The number of hydrogen-bond donors (Lipinski definition) is 1. The fourth-order valence-corrected chi connectivity index (χ4v) is 5.95. The molecule has 7 nitrogen and oxygen atoms in total. The molecule has 0 saturated carbocycles. The number of aryl methyl sites for hydroxylation is 1. The summed E-state index contributed by atoms with van der Waals surface area (Å²) in [6.07, 6.45) is -4.14. The number of hydrogen-bond acceptors (Lipinski definition) is 4. The molecule has 1 N–H and O–H groups in total. The highest BCUT2D eigenvalue weighted by molar-refractivity contribution is 7.92. The van der Waals surface area contributed by atoms with E-state index in [1.807, 2.05) is 6.92 Å². The van der Waals surface area contributed by atoms with E-state index in [-0.39, 0.29) is 17.9 Å². The number of nitrogens with zero attached hydrogens (tertiary/aromatic N) is 2. The van der Waals surface area contributed by atoms with Crippen LogP contribution in [0.25, 0.3) is 0 Å². The zero-order valence-corrected chi connectivity index (χ0v) is 25.4. The van der Waals surface area contributed by atoms with E-state index in [2.05, 4.69) is 5.32 Å². The number of benzene rings is 3. The highest BCUT2D eigenvalue weighted by atomic mass is 35.5. The molecular weight excluding hydrogens is 610 g/mol. The fourth-order valence-electron chi connectivity index (χ4n) is 4.32. The van der Waals surface area contributed by atoms with Crippen molar-refractivity contribution in [2.75, 3.05) is 17.4 Å². The Bertz CT molecular complexity index is 1530. The van der Waals surface area contributed by atoms with Gasteiger partial charge in [-0.25, -0.2) is 12.8 Å². The van der Waals surface area contributed by atoms with Crippen molar-refractivity contribution in [1.29, 1.82) is 0 Å². The van der Waals surface area contributed by atoms with Crippen LogP contribution in [0, 0.1) is 12.7 Å². The third-order valence-corrected chi connectivity index (χ3v) is 8.75. The summed E-state index contributed by atoms with van der Waals surface area (Å²) in [7, 11) is -4.59. The molecule has 0 bridgehead atoms. The molecule has 0 fully saturated rings. The van der Waals surface area contributed by atoms with Crippen molar-refractivity contribution in [2.24, 2.45) is 0 Å². The van der Waals surface area contributed by atoms with Gasteiger partial charge in [-0.05, 0) is 67.8 Å². The van der Waals surface area contributed by atoms with E-state index in [1.54, 1.807) is 13.8 Å². The van der Waals surface area contributed by atoms with Gasteiger partial charge in [0, 0.05) is 13.1 Å². The first kappa shape index (κ1) is 33.9. The summed E-state index contributed by atoms with van der Waals surface area (Å²) < 4.78 is 83.2. The van der Waals surface area contributed by atoms with Crippen LogP contribution in [0.1, 0.15) is 43.4 Å². The molecular formula is C30H32ClF4N3O4S. The maximum Gasteiger partial charge on any atom is 0.417 e. The largest absolute Gasteiger partial charge is 0.417 e. The van der Waals surface area contributed by atoms with Gasteiger partial charge in [-0.3, -0.25) is 13.9 Å². The molecule has 0 aliphatic carbocycles. The van der Waals surface area contributed by atoms with E-state index >= 15 is 0 Å². The quantitative estimate of drug-likeness (QED) is 0.234. The van der Waals surface area contributed by atoms with E-state index in [4.69, 9.17) is 11.6 Å². The zero-order chi connectivity index (χ0) is 31.9. The van der Waals surface area contributed by atoms with Crippen LogP contribution in [0.15, 0.2) is 71.6 Å². The van der Waals surface area contributed by atoms with Gasteiger partial charge in [0.1, 0.15) is 18.4 Å². The highest BCUT2D eigenvalue weighted by Gasteiger charge is 2.37. The maximum atomic E-state index is 14.0. The van der Waals surface area contributed by atoms with Crippen LogP contribution in [0.5, 0.6) is 0 Å². The third kappa shape index (κ3) is 8.47. The molecule has 0 aliphatic heterocycles. The molecule has 0 aromatic heterocycles. The molecule has 0 radical (unpaired) electrons. The van der Waals surface area contributed by atoms with Gasteiger partial charge in [-0.15, -0.1) is 0 Å². The van der Waals surface area contributed by atoms with Crippen molar-refractivity contribution in [2.45, 2.75) is 57.3 Å². The predicted molar refractivity (Wildman–Crippen MR) is 156 cm³/mol. The molecule has 43 heavy (non-hydrogen) atoms. The topological polar surface area (TPSA) is 86.8 Å². The first-order chi connectivity index (χ1) is 20.2. The van der Waals surface area contributed by atoms with Crippen LogP contribution in [0.4, 0.5) is 23.2 Å². The molecule has 0 heterocycles. The highest BCUT2D eigenvalue weighted by Crippen LogP contribution is 2.38. The summed E-state index contributed by atoms with van der Waals surface area (Å²) in [5.74, 6) is -1.87. The van der Waals surface area contributed by atoms with Crippen LogP contribution in [0.3, 0.4) is 0 Å². The molecule has 0 unspecified atom stereocenters. The lowest BCUT2D eigenvalue weighted by Gasteiger charge is -2.33. The Labute approximate surface area is 253 Å². The molecule has 1 atom stereocenters. The number of anilines is 1. The summed E-state index contributed by atoms with van der Waals surface area (Å²) in [6.45, 7) is 4.44. The monoisotopic (exact) mass is 641 g/mol. The average Bonchev–Trinajstić information content (AvgIpc) is 2.95. The van der Waals surface area contributed by atoms with Crippen molar-refractivity contribution in [3.63, 3.8) is 0 Å². The third-order valence-electron chi connectivity index (χ3n) is 6.63. The minimum Gasteiger partial charge on any atom is -0.354 e. The van der Waals surface area contributed by atoms with Gasteiger partial charge in [0.2, 0.25) is 11.8 Å². The first-order valence-corrected chi connectivity index (χ1v) is 15.3. The minimum absolute atomic E-state index is 0.145. The van der Waals surface area contributed by atoms with Gasteiger partial charge >= 0.3 is 6.18 Å². The lowest BCUT2D eigenvalue weighted by atomic mass is 10.1. The van der Waals surface area contributed by atoms with E-state index in [9.17, 15) is 35.6 Å². The van der Waals surface area contributed by atoms with Gasteiger partial charge in [0.05, 0.1) is 21.2 Å². The number of carbonyl (C=O) groups is 2. The fraction of sp³-hybridized carbons (Fsp3) is 0.333. The summed E-state index contributed by atoms with van der Waals surface area (Å²) in [5, 5.41) is 2.08. The molecule has 2 amide bonds. The second-order valence-electron chi connectivity index (χ2n) is 9.85. The van der Waals surface area contributed by atoms with Gasteiger partial charge in [0.25, 0.3) is 10.0 Å². The van der Waals surface area contributed by atoms with E-state index < -0.39 is 62.7 Å². The van der Waals surface area contributed by atoms with Crippen molar-refractivity contribution in [3.05, 3.63) is 94.3 Å². The molecule has 0 spiro atoms. The average molecular weight is 642 g/mol. The number of sulfonamides is 1. The van der Waals surface area contributed by atoms with Crippen molar-refractivity contribution in [1.82, 2.24) is 10.2 Å². The smallest absolute Gasteiger partial charge is 0.354 e. The zero-order valence-electron chi connectivity index (χ0n) is 23.8. The molecule has 0 aliphatic rings. The van der Waals surface area contributed by atoms with Crippen LogP contribution >= 0.6 is 11.6 Å². The van der Waals surface area contributed by atoms with E-state index in [0.717, 1.165) is 22.6 Å². The van der Waals surface area contributed by atoms with Crippen LogP contribution in [0.2, 0.25) is 5.02 Å². The molecule has 232 valence electrons. The Morgan fingerprint density at radius 2 is 1.60 bits per heavy atom. The summed E-state index contributed by atoms with van der Waals surface area (Å²) in [4.78, 5) is 28.0. The van der Waals surface area contributed by atoms with Crippen molar-refractivity contribution in [3.8, 4) is 0 Å². The Kier molecular flexibility index (Phi) is 11.2. The molecule has 13 heteroatoms. The normalized spacial score (nSPS) is 12.5. The molecule has 3 aromatic rings. The summed E-state index contributed by atoms with van der Waals surface area (Å²) in [5.41, 5.74) is -0.537. The number of halogens is 5. The maximum absolute atomic E-state index is 14.0. The van der Waals surface area contributed by atoms with Crippen LogP contribution < -0.4 is 9.62 Å². The molecule has 3 rings (SSSR count). The lowest BCUT2D eigenvalue weighted by Crippen LogP contribution is -2.52. The van der Waals surface area contributed by atoms with Gasteiger partial charge < -0.3 is 10.2 Å². The van der Waals surface area contributed by atoms with E-state index in [0.29, 0.717) is 28.9 Å². The SMILES string of the molecule is CCCNC(=O)[C@H](CC)N(Cc1ccc(F)cc1)C(=O)CN(c1ccc(Cl)c(C(F)(F)F)c1)S(=O)(=O)c1ccc(C)cc1. The van der Waals surface area contributed by atoms with Crippen LogP contribution in [-0.2, 0) is 32.3 Å². The Morgan fingerprint density at radius 1 is 0.977 bits per heavy atom. The van der Waals surface area contributed by atoms with Crippen molar-refractivity contribution >= 4 is 39.1 Å². The minimum atomic E-state index is -4.91. The summed E-state index contributed by atoms with van der Waals surface area (Å²) in [6, 6.07) is 12.3.